The second-order valence-electron chi connectivity index (χ2n) is 2.80. The van der Waals surface area contributed by atoms with Crippen molar-refractivity contribution in [1.82, 2.24) is 4.98 Å². The molecule has 1 heterocycles. The number of carbonyl (C=O) groups is 1. The number of alkyl halides is 3. The number of hydrogen-bond donors (Lipinski definition) is 0. The van der Waals surface area contributed by atoms with Crippen LogP contribution in [0.1, 0.15) is 28.0 Å². The molecule has 0 aliphatic rings. The summed E-state index contributed by atoms with van der Waals surface area (Å²) in [7, 11) is 1.09. The first kappa shape index (κ1) is 13.3. The topological polar surface area (TPSA) is 39.2 Å². The van der Waals surface area contributed by atoms with E-state index in [1.165, 1.54) is 0 Å². The molecule has 0 N–H and O–H groups in total. The number of methoxy groups -OCH3 is 1. The molecule has 0 saturated heterocycles. The van der Waals surface area contributed by atoms with Gasteiger partial charge in [0.05, 0.1) is 12.7 Å². The molecule has 1 rings (SSSR count). The highest BCUT2D eigenvalue weighted by atomic mass is 79.9. The fourth-order valence-corrected chi connectivity index (χ4v) is 1.87. The van der Waals surface area contributed by atoms with Gasteiger partial charge in [-0.3, -0.25) is 0 Å². The van der Waals surface area contributed by atoms with Crippen molar-refractivity contribution in [2.75, 3.05) is 7.11 Å². The largest absolute Gasteiger partial charge is 0.464 e. The van der Waals surface area contributed by atoms with E-state index in [0.29, 0.717) is 5.56 Å². The van der Waals surface area contributed by atoms with Crippen LogP contribution in [0.2, 0.25) is 5.15 Å². The molecule has 1 aromatic rings. The molecule has 88 valence electrons. The van der Waals surface area contributed by atoms with Gasteiger partial charge in [-0.1, -0.05) is 27.5 Å². The fraction of sp³-hybridized carbons (Fsp3) is 0.333. The Bertz CT molecular complexity index is 415. The highest BCUT2D eigenvalue weighted by molar-refractivity contribution is 9.08. The maximum atomic E-state index is 12.7. The lowest BCUT2D eigenvalue weighted by atomic mass is 10.1. The maximum absolute atomic E-state index is 12.7. The van der Waals surface area contributed by atoms with Gasteiger partial charge in [0, 0.05) is 10.9 Å². The molecule has 7 heteroatoms. The molecule has 0 amide bonds. The summed E-state index contributed by atoms with van der Waals surface area (Å²) in [5.74, 6) is -0.932. The monoisotopic (exact) mass is 313 g/mol. The fourth-order valence-electron chi connectivity index (χ4n) is 1.07. The Kier molecular flexibility index (Phi) is 4.61. The number of pyridine rings is 1. The van der Waals surface area contributed by atoms with Crippen LogP contribution >= 0.6 is 27.5 Å². The predicted molar refractivity (Wildman–Crippen MR) is 58.2 cm³/mol. The normalized spacial score (nSPS) is 10.6. The Balaban J connectivity index is 3.36. The number of hydrogen-bond acceptors (Lipinski definition) is 3. The standard InChI is InChI=1S/C9H7BrClF2NO2/c1-16-9(15)6-5(8(12)13)2-4(3-10)7(11)14-6/h2,8H,3H2,1H3. The molecule has 0 aliphatic heterocycles. The molecule has 0 spiro atoms. The van der Waals surface area contributed by atoms with E-state index in [1.54, 1.807) is 0 Å². The lowest BCUT2D eigenvalue weighted by Gasteiger charge is -2.09. The third-order valence-electron chi connectivity index (χ3n) is 1.84. The number of ether oxygens (including phenoxy) is 1. The summed E-state index contributed by atoms with van der Waals surface area (Å²) in [6.45, 7) is 0. The van der Waals surface area contributed by atoms with Crippen LogP contribution < -0.4 is 0 Å². The predicted octanol–water partition coefficient (Wildman–Crippen LogP) is 3.35. The molecule has 0 saturated carbocycles. The summed E-state index contributed by atoms with van der Waals surface area (Å²) in [5.41, 5.74) is -0.539. The number of carbonyl (C=O) groups excluding carboxylic acids is 1. The lowest BCUT2D eigenvalue weighted by molar-refractivity contribution is 0.0581. The summed E-state index contributed by atoms with van der Waals surface area (Å²) >= 11 is 8.80. The van der Waals surface area contributed by atoms with Crippen LogP contribution in [-0.2, 0) is 10.1 Å². The van der Waals surface area contributed by atoms with E-state index in [1.807, 2.05) is 0 Å². The van der Waals surface area contributed by atoms with E-state index < -0.39 is 23.7 Å². The van der Waals surface area contributed by atoms with Crippen LogP contribution in [0.3, 0.4) is 0 Å². The first-order valence-corrected chi connectivity index (χ1v) is 5.63. The molecule has 0 unspecified atom stereocenters. The zero-order chi connectivity index (χ0) is 12.3. The molecular formula is C9H7BrClF2NO2. The quantitative estimate of drug-likeness (QED) is 0.488. The first-order valence-electron chi connectivity index (χ1n) is 4.13. The van der Waals surface area contributed by atoms with Gasteiger partial charge in [-0.25, -0.2) is 18.6 Å². The molecule has 0 aromatic carbocycles. The highest BCUT2D eigenvalue weighted by Crippen LogP contribution is 2.27. The number of rotatable bonds is 3. The molecule has 0 radical (unpaired) electrons. The molecule has 0 atom stereocenters. The summed E-state index contributed by atoms with van der Waals surface area (Å²) < 4.78 is 29.7. The SMILES string of the molecule is COC(=O)c1nc(Cl)c(CBr)cc1C(F)F. The second-order valence-corrected chi connectivity index (χ2v) is 3.72. The van der Waals surface area contributed by atoms with E-state index in [-0.39, 0.29) is 10.5 Å². The van der Waals surface area contributed by atoms with Crippen LogP contribution in [0.25, 0.3) is 0 Å². The van der Waals surface area contributed by atoms with Crippen molar-refractivity contribution in [2.24, 2.45) is 0 Å². The Morgan fingerprint density at radius 3 is 2.75 bits per heavy atom. The molecule has 3 nitrogen and oxygen atoms in total. The summed E-state index contributed by atoms with van der Waals surface area (Å²) in [6.07, 6.45) is -2.81. The lowest BCUT2D eigenvalue weighted by Crippen LogP contribution is -2.10. The van der Waals surface area contributed by atoms with Gasteiger partial charge in [-0.15, -0.1) is 0 Å². The average molecular weight is 315 g/mol. The third kappa shape index (κ3) is 2.68. The molecule has 0 fully saturated rings. The van der Waals surface area contributed by atoms with Gasteiger partial charge >= 0.3 is 5.97 Å². The van der Waals surface area contributed by atoms with Crippen molar-refractivity contribution >= 4 is 33.5 Å². The zero-order valence-electron chi connectivity index (χ0n) is 8.14. The molecule has 0 aliphatic carbocycles. The number of nitrogens with zero attached hydrogens (tertiary/aromatic N) is 1. The molecule has 0 bridgehead atoms. The van der Waals surface area contributed by atoms with Gasteiger partial charge < -0.3 is 4.74 Å². The van der Waals surface area contributed by atoms with Gasteiger partial charge in [0.2, 0.25) is 0 Å². The van der Waals surface area contributed by atoms with Crippen molar-refractivity contribution < 1.29 is 18.3 Å². The Morgan fingerprint density at radius 1 is 1.69 bits per heavy atom. The van der Waals surface area contributed by atoms with Gasteiger partial charge in [-0.2, -0.15) is 0 Å². The maximum Gasteiger partial charge on any atom is 0.357 e. The Labute approximate surface area is 104 Å². The van der Waals surface area contributed by atoms with Gasteiger partial charge in [0.15, 0.2) is 5.69 Å². The minimum atomic E-state index is -2.81. The van der Waals surface area contributed by atoms with Crippen LogP contribution in [0.5, 0.6) is 0 Å². The smallest absolute Gasteiger partial charge is 0.357 e. The van der Waals surface area contributed by atoms with Crippen molar-refractivity contribution in [3.63, 3.8) is 0 Å². The van der Waals surface area contributed by atoms with Crippen molar-refractivity contribution in [3.8, 4) is 0 Å². The van der Waals surface area contributed by atoms with Crippen molar-refractivity contribution in [2.45, 2.75) is 11.8 Å². The summed E-state index contributed by atoms with van der Waals surface area (Å²) in [5, 5.41) is 0.279. The average Bonchev–Trinajstić information content (AvgIpc) is 2.27. The molecule has 1 aromatic heterocycles. The van der Waals surface area contributed by atoms with Gasteiger partial charge in [0.1, 0.15) is 5.15 Å². The van der Waals surface area contributed by atoms with Gasteiger partial charge in [0.25, 0.3) is 6.43 Å². The minimum Gasteiger partial charge on any atom is -0.464 e. The van der Waals surface area contributed by atoms with E-state index in [4.69, 9.17) is 11.6 Å². The number of halogens is 4. The minimum absolute atomic E-state index is 0.00155. The molecular weight excluding hydrogens is 307 g/mol. The van der Waals surface area contributed by atoms with Crippen LogP contribution in [0.15, 0.2) is 6.07 Å². The summed E-state index contributed by atoms with van der Waals surface area (Å²) in [6, 6.07) is 1.14. The Morgan fingerprint density at radius 2 is 2.31 bits per heavy atom. The van der Waals surface area contributed by atoms with Crippen LogP contribution in [-0.4, -0.2) is 18.1 Å². The van der Waals surface area contributed by atoms with Crippen LogP contribution in [0.4, 0.5) is 8.78 Å². The zero-order valence-corrected chi connectivity index (χ0v) is 10.5. The van der Waals surface area contributed by atoms with Gasteiger partial charge in [-0.05, 0) is 6.07 Å². The van der Waals surface area contributed by atoms with E-state index in [0.717, 1.165) is 13.2 Å². The second kappa shape index (κ2) is 5.54. The van der Waals surface area contributed by atoms with E-state index in [2.05, 4.69) is 25.7 Å². The first-order chi connectivity index (χ1) is 7.51. The number of aromatic nitrogens is 1. The van der Waals surface area contributed by atoms with Crippen molar-refractivity contribution in [3.05, 3.63) is 28.0 Å². The van der Waals surface area contributed by atoms with E-state index in [9.17, 15) is 13.6 Å². The van der Waals surface area contributed by atoms with Crippen LogP contribution in [0, 0.1) is 0 Å². The molecule has 16 heavy (non-hydrogen) atoms. The summed E-state index contributed by atoms with van der Waals surface area (Å²) in [4.78, 5) is 14.8. The Hall–Kier alpha value is -0.750. The third-order valence-corrected chi connectivity index (χ3v) is 2.77. The van der Waals surface area contributed by atoms with E-state index >= 15 is 0 Å². The highest BCUT2D eigenvalue weighted by Gasteiger charge is 2.22. The van der Waals surface area contributed by atoms with Crippen molar-refractivity contribution in [1.29, 1.82) is 0 Å². The number of esters is 1.